The minimum atomic E-state index is -0.619. The zero-order chi connectivity index (χ0) is 24.7. The molecule has 1 saturated heterocycles. The first-order valence-electron chi connectivity index (χ1n) is 10.4. The zero-order valence-electron chi connectivity index (χ0n) is 18.4. The second kappa shape index (κ2) is 11.7. The van der Waals surface area contributed by atoms with Crippen molar-refractivity contribution in [3.8, 4) is 0 Å². The molecule has 0 bridgehead atoms. The molecule has 184 valence electrons. The summed E-state index contributed by atoms with van der Waals surface area (Å²) < 4.78 is 6.63. The minimum absolute atomic E-state index is 0.00349. The van der Waals surface area contributed by atoms with Crippen molar-refractivity contribution in [1.82, 2.24) is 29.7 Å². The highest BCUT2D eigenvalue weighted by Gasteiger charge is 2.37. The Morgan fingerprint density at radius 3 is 2.82 bits per heavy atom. The maximum Gasteiger partial charge on any atom is 0.280 e. The van der Waals surface area contributed by atoms with Crippen molar-refractivity contribution in [2.45, 2.75) is 31.2 Å². The number of hydrogen-bond donors (Lipinski definition) is 4. The SMILES string of the molecule is CSC1CC(=O)N(CCCC(=O)NCC(=O)Nc2nc3c(ncn3COCCO)c(=O)[nH]2)C1=O. The highest BCUT2D eigenvalue weighted by Crippen LogP contribution is 2.23. The summed E-state index contributed by atoms with van der Waals surface area (Å²) in [6.07, 6.45) is 3.59. The lowest BCUT2D eigenvalue weighted by molar-refractivity contribution is -0.138. The number of anilines is 1. The Morgan fingerprint density at radius 2 is 2.12 bits per heavy atom. The van der Waals surface area contributed by atoms with Gasteiger partial charge in [0.2, 0.25) is 29.6 Å². The largest absolute Gasteiger partial charge is 0.394 e. The summed E-state index contributed by atoms with van der Waals surface area (Å²) in [4.78, 5) is 72.0. The van der Waals surface area contributed by atoms with E-state index in [0.717, 1.165) is 0 Å². The molecule has 0 spiro atoms. The van der Waals surface area contributed by atoms with Crippen LogP contribution in [-0.4, -0.2) is 91.0 Å². The monoisotopic (exact) mass is 495 g/mol. The van der Waals surface area contributed by atoms with E-state index in [4.69, 9.17) is 9.84 Å². The molecule has 1 aliphatic rings. The number of aliphatic hydroxyl groups excluding tert-OH is 1. The van der Waals surface area contributed by atoms with Gasteiger partial charge in [-0.1, -0.05) is 0 Å². The molecule has 3 heterocycles. The van der Waals surface area contributed by atoms with Crippen LogP contribution in [0.5, 0.6) is 0 Å². The van der Waals surface area contributed by atoms with Gasteiger partial charge in [-0.05, 0) is 12.7 Å². The fourth-order valence-electron chi connectivity index (χ4n) is 3.25. The number of amides is 4. The second-order valence-corrected chi connectivity index (χ2v) is 8.34. The lowest BCUT2D eigenvalue weighted by Gasteiger charge is -2.14. The maximum atomic E-state index is 12.2. The van der Waals surface area contributed by atoms with E-state index < -0.39 is 17.4 Å². The number of fused-ring (bicyclic) bond motifs is 1. The average Bonchev–Trinajstić information content (AvgIpc) is 3.33. The maximum absolute atomic E-state index is 12.2. The van der Waals surface area contributed by atoms with Gasteiger partial charge in [0.1, 0.15) is 6.73 Å². The first-order valence-corrected chi connectivity index (χ1v) is 11.7. The number of hydrogen-bond acceptors (Lipinski definition) is 10. The number of thioether (sulfide) groups is 1. The highest BCUT2D eigenvalue weighted by molar-refractivity contribution is 8.00. The van der Waals surface area contributed by atoms with Crippen LogP contribution in [-0.2, 0) is 30.6 Å². The quantitative estimate of drug-likeness (QED) is 0.197. The van der Waals surface area contributed by atoms with Gasteiger partial charge < -0.3 is 15.2 Å². The van der Waals surface area contributed by atoms with E-state index in [1.165, 1.54) is 27.6 Å². The molecule has 0 aliphatic carbocycles. The topological polar surface area (TPSA) is 189 Å². The number of carbonyl (C=O) groups excluding carboxylic acids is 4. The first kappa shape index (κ1) is 25.3. The molecule has 3 rings (SSSR count). The number of likely N-dealkylation sites (tertiary alicyclic amines) is 1. The van der Waals surface area contributed by atoms with Crippen molar-refractivity contribution in [1.29, 1.82) is 0 Å². The van der Waals surface area contributed by atoms with Crippen LogP contribution in [0.1, 0.15) is 19.3 Å². The van der Waals surface area contributed by atoms with Crippen molar-refractivity contribution in [2.75, 3.05) is 37.9 Å². The number of H-pyrrole nitrogens is 1. The molecule has 0 saturated carbocycles. The fourth-order valence-corrected chi connectivity index (χ4v) is 3.89. The van der Waals surface area contributed by atoms with Gasteiger partial charge in [0.25, 0.3) is 5.56 Å². The normalized spacial score (nSPS) is 15.8. The predicted octanol–water partition coefficient (Wildman–Crippen LogP) is -1.59. The van der Waals surface area contributed by atoms with E-state index in [2.05, 4.69) is 25.6 Å². The first-order chi connectivity index (χ1) is 16.3. The summed E-state index contributed by atoms with van der Waals surface area (Å²) in [5, 5.41) is 13.3. The third-order valence-corrected chi connectivity index (χ3v) is 5.85. The molecule has 1 unspecified atom stereocenters. The smallest absolute Gasteiger partial charge is 0.280 e. The lowest BCUT2D eigenvalue weighted by atomic mass is 10.3. The van der Waals surface area contributed by atoms with E-state index in [1.807, 2.05) is 0 Å². The third-order valence-electron chi connectivity index (χ3n) is 4.92. The Kier molecular flexibility index (Phi) is 8.72. The molecule has 0 aromatic carbocycles. The molecule has 1 fully saturated rings. The molecule has 1 atom stereocenters. The van der Waals surface area contributed by atoms with Crippen molar-refractivity contribution < 1.29 is 29.0 Å². The molecule has 15 heteroatoms. The van der Waals surface area contributed by atoms with Gasteiger partial charge in [0, 0.05) is 19.4 Å². The Hall–Kier alpha value is -3.30. The van der Waals surface area contributed by atoms with Crippen molar-refractivity contribution in [3.05, 3.63) is 16.7 Å². The van der Waals surface area contributed by atoms with Gasteiger partial charge in [0.15, 0.2) is 11.2 Å². The molecule has 2 aromatic heterocycles. The Bertz CT molecular complexity index is 1130. The highest BCUT2D eigenvalue weighted by atomic mass is 32.2. The van der Waals surface area contributed by atoms with Crippen molar-refractivity contribution >= 4 is 52.5 Å². The Morgan fingerprint density at radius 1 is 1.32 bits per heavy atom. The predicted molar refractivity (Wildman–Crippen MR) is 121 cm³/mol. The van der Waals surface area contributed by atoms with Gasteiger partial charge in [-0.3, -0.25) is 43.7 Å². The zero-order valence-corrected chi connectivity index (χ0v) is 19.2. The molecule has 0 radical (unpaired) electrons. The summed E-state index contributed by atoms with van der Waals surface area (Å²) >= 11 is 1.32. The second-order valence-electron chi connectivity index (χ2n) is 7.30. The van der Waals surface area contributed by atoms with Gasteiger partial charge in [-0.2, -0.15) is 16.7 Å². The van der Waals surface area contributed by atoms with Crippen LogP contribution < -0.4 is 16.2 Å². The van der Waals surface area contributed by atoms with Crippen molar-refractivity contribution in [3.63, 3.8) is 0 Å². The van der Waals surface area contributed by atoms with Gasteiger partial charge in [-0.25, -0.2) is 4.98 Å². The number of nitrogens with one attached hydrogen (secondary N) is 3. The summed E-state index contributed by atoms with van der Waals surface area (Å²) in [6.45, 7) is -0.288. The standard InChI is InChI=1S/C19H25N7O7S/c1-34-11-7-14(30)26(18(11)32)4-2-3-12(28)20-8-13(29)22-19-23-16-15(17(31)24-19)21-9-25(16)10-33-6-5-27/h9,11,27H,2-8,10H2,1H3,(H,20,28)(H2,22,23,24,29,31). The number of imidazole rings is 1. The van der Waals surface area contributed by atoms with Gasteiger partial charge in [-0.15, -0.1) is 0 Å². The molecular weight excluding hydrogens is 470 g/mol. The summed E-state index contributed by atoms with van der Waals surface area (Å²) in [6, 6.07) is 0. The summed E-state index contributed by atoms with van der Waals surface area (Å²) in [7, 11) is 0. The molecule has 14 nitrogen and oxygen atoms in total. The number of carbonyl (C=O) groups is 4. The number of aromatic nitrogens is 4. The van der Waals surface area contributed by atoms with Crippen LogP contribution in [0.3, 0.4) is 0 Å². The number of ether oxygens (including phenoxy) is 1. The number of imide groups is 1. The van der Waals surface area contributed by atoms with E-state index in [-0.39, 0.29) is 86.5 Å². The third kappa shape index (κ3) is 6.18. The lowest BCUT2D eigenvalue weighted by Crippen LogP contribution is -2.35. The van der Waals surface area contributed by atoms with Crippen LogP contribution >= 0.6 is 11.8 Å². The van der Waals surface area contributed by atoms with Crippen LogP contribution in [0.4, 0.5) is 5.95 Å². The molecule has 34 heavy (non-hydrogen) atoms. The van der Waals surface area contributed by atoms with Crippen LogP contribution in [0.2, 0.25) is 0 Å². The fraction of sp³-hybridized carbons (Fsp3) is 0.526. The summed E-state index contributed by atoms with van der Waals surface area (Å²) in [5.41, 5.74) is -0.339. The number of aliphatic hydroxyl groups is 1. The number of rotatable bonds is 12. The van der Waals surface area contributed by atoms with E-state index in [1.54, 1.807) is 6.26 Å². The molecular formula is C19H25N7O7S. The number of aromatic amines is 1. The minimum Gasteiger partial charge on any atom is -0.394 e. The van der Waals surface area contributed by atoms with Crippen LogP contribution in [0.25, 0.3) is 11.2 Å². The molecule has 2 aromatic rings. The number of nitrogens with zero attached hydrogens (tertiary/aromatic N) is 4. The van der Waals surface area contributed by atoms with Gasteiger partial charge in [0.05, 0.1) is 31.3 Å². The van der Waals surface area contributed by atoms with Crippen LogP contribution in [0.15, 0.2) is 11.1 Å². The van der Waals surface area contributed by atoms with Crippen molar-refractivity contribution in [2.24, 2.45) is 0 Å². The molecule has 4 amide bonds. The Balaban J connectivity index is 1.46. The van der Waals surface area contributed by atoms with Crippen LogP contribution in [0, 0.1) is 0 Å². The van der Waals surface area contributed by atoms with E-state index in [0.29, 0.717) is 0 Å². The van der Waals surface area contributed by atoms with E-state index >= 15 is 0 Å². The average molecular weight is 496 g/mol. The Labute approximate surface area is 197 Å². The summed E-state index contributed by atoms with van der Waals surface area (Å²) in [5.74, 6) is -1.66. The molecule has 1 aliphatic heterocycles. The van der Waals surface area contributed by atoms with E-state index in [9.17, 15) is 24.0 Å². The van der Waals surface area contributed by atoms with Gasteiger partial charge >= 0.3 is 0 Å². The molecule has 4 N–H and O–H groups in total.